The number of hydrogen-bond donors (Lipinski definition) is 1. The summed E-state index contributed by atoms with van der Waals surface area (Å²) in [5.41, 5.74) is 1.76. The summed E-state index contributed by atoms with van der Waals surface area (Å²) < 4.78 is 0. The van der Waals surface area contributed by atoms with E-state index < -0.39 is 5.54 Å². The number of benzene rings is 1. The van der Waals surface area contributed by atoms with E-state index in [9.17, 15) is 14.4 Å². The van der Waals surface area contributed by atoms with E-state index in [2.05, 4.69) is 5.32 Å². The molecule has 1 fully saturated rings. The molecule has 112 valence electrons. The lowest BCUT2D eigenvalue weighted by atomic mass is 9.96. The topological polar surface area (TPSA) is 66.5 Å². The van der Waals surface area contributed by atoms with Gasteiger partial charge in [0.05, 0.1) is 18.6 Å². The third kappa shape index (κ3) is 3.03. The fraction of sp³-hybridized carbons (Fsp3) is 0.438. The van der Waals surface area contributed by atoms with E-state index in [1.165, 1.54) is 0 Å². The average molecular weight is 288 g/mol. The van der Waals surface area contributed by atoms with Gasteiger partial charge in [0.25, 0.3) is 0 Å². The van der Waals surface area contributed by atoms with Gasteiger partial charge in [-0.1, -0.05) is 23.8 Å². The van der Waals surface area contributed by atoms with Crippen LogP contribution in [0, 0.1) is 13.8 Å². The maximum atomic E-state index is 12.5. The second kappa shape index (κ2) is 5.41. The van der Waals surface area contributed by atoms with Gasteiger partial charge >= 0.3 is 0 Å². The number of Topliss-reactive ketones (excluding diaryl/α,β-unsaturated/α-hetero) is 1. The first-order valence-electron chi connectivity index (χ1n) is 6.91. The van der Waals surface area contributed by atoms with Crippen LogP contribution >= 0.6 is 0 Å². The fourth-order valence-corrected chi connectivity index (χ4v) is 2.47. The summed E-state index contributed by atoms with van der Waals surface area (Å²) in [4.78, 5) is 37.5. The van der Waals surface area contributed by atoms with Crippen molar-refractivity contribution in [3.8, 4) is 0 Å². The molecule has 1 N–H and O–H groups in total. The lowest BCUT2D eigenvalue weighted by Crippen LogP contribution is -2.64. The van der Waals surface area contributed by atoms with E-state index in [1.54, 1.807) is 24.8 Å². The van der Waals surface area contributed by atoms with Crippen molar-refractivity contribution in [1.82, 2.24) is 10.2 Å². The van der Waals surface area contributed by atoms with Crippen LogP contribution in [-0.2, 0) is 9.59 Å². The van der Waals surface area contributed by atoms with E-state index in [4.69, 9.17) is 0 Å². The molecule has 0 atom stereocenters. The number of nitrogens with one attached hydrogen (secondary N) is 1. The zero-order valence-electron chi connectivity index (χ0n) is 12.8. The first kappa shape index (κ1) is 15.4. The quantitative estimate of drug-likeness (QED) is 0.671. The third-order valence-electron chi connectivity index (χ3n) is 3.95. The number of imide groups is 1. The molecule has 0 aromatic heterocycles. The summed E-state index contributed by atoms with van der Waals surface area (Å²) in [7, 11) is 0. The van der Waals surface area contributed by atoms with E-state index in [1.807, 2.05) is 26.0 Å². The minimum atomic E-state index is -0.873. The predicted octanol–water partition coefficient (Wildman–Crippen LogP) is 1.22. The van der Waals surface area contributed by atoms with Crippen LogP contribution in [0.4, 0.5) is 0 Å². The Balaban J connectivity index is 2.21. The van der Waals surface area contributed by atoms with Crippen molar-refractivity contribution in [1.29, 1.82) is 0 Å². The largest absolute Gasteiger partial charge is 0.294 e. The molecule has 0 bridgehead atoms. The number of aryl methyl sites for hydroxylation is 2. The second-order valence-corrected chi connectivity index (χ2v) is 6.03. The van der Waals surface area contributed by atoms with Crippen molar-refractivity contribution >= 4 is 17.6 Å². The fourth-order valence-electron chi connectivity index (χ4n) is 2.47. The van der Waals surface area contributed by atoms with Gasteiger partial charge < -0.3 is 0 Å². The lowest BCUT2D eigenvalue weighted by molar-refractivity contribution is -0.144. The highest BCUT2D eigenvalue weighted by atomic mass is 16.2. The smallest absolute Gasteiger partial charge is 0.246 e. The van der Waals surface area contributed by atoms with Crippen LogP contribution in [-0.4, -0.2) is 41.1 Å². The minimum absolute atomic E-state index is 0.0510. The maximum absolute atomic E-state index is 12.5. The highest BCUT2D eigenvalue weighted by molar-refractivity contribution is 6.05. The monoisotopic (exact) mass is 288 g/mol. The molecule has 1 saturated heterocycles. The molecule has 1 aromatic rings. The Morgan fingerprint density at radius 2 is 1.95 bits per heavy atom. The molecule has 1 heterocycles. The highest BCUT2D eigenvalue weighted by Crippen LogP contribution is 2.20. The van der Waals surface area contributed by atoms with E-state index >= 15 is 0 Å². The number of ketones is 1. The zero-order valence-corrected chi connectivity index (χ0v) is 12.8. The number of carbonyl (C=O) groups excluding carboxylic acids is 3. The van der Waals surface area contributed by atoms with Crippen LogP contribution in [0.25, 0.3) is 0 Å². The number of piperazine rings is 1. The molecule has 5 nitrogen and oxygen atoms in total. The maximum Gasteiger partial charge on any atom is 0.246 e. The van der Waals surface area contributed by atoms with Gasteiger partial charge in [-0.3, -0.25) is 24.6 Å². The van der Waals surface area contributed by atoms with Crippen molar-refractivity contribution < 1.29 is 14.4 Å². The van der Waals surface area contributed by atoms with Gasteiger partial charge in [0.2, 0.25) is 11.8 Å². The van der Waals surface area contributed by atoms with Crippen molar-refractivity contribution in [2.75, 3.05) is 13.1 Å². The number of amides is 2. The minimum Gasteiger partial charge on any atom is -0.294 e. The van der Waals surface area contributed by atoms with Crippen molar-refractivity contribution in [3.05, 3.63) is 34.9 Å². The van der Waals surface area contributed by atoms with Crippen molar-refractivity contribution in [2.45, 2.75) is 33.2 Å². The van der Waals surface area contributed by atoms with E-state index in [-0.39, 0.29) is 30.7 Å². The van der Waals surface area contributed by atoms with E-state index in [0.29, 0.717) is 5.56 Å². The molecule has 0 unspecified atom stereocenters. The first-order valence-corrected chi connectivity index (χ1v) is 6.91. The summed E-state index contributed by atoms with van der Waals surface area (Å²) in [6.07, 6.45) is 0. The SMILES string of the molecule is Cc1ccc(C(=O)CN2CC(=O)NC(=O)C2(C)C)c(C)c1. The Hall–Kier alpha value is -2.01. The molecule has 1 aliphatic rings. The number of carbonyl (C=O) groups is 3. The van der Waals surface area contributed by atoms with Crippen LogP contribution < -0.4 is 5.32 Å². The van der Waals surface area contributed by atoms with Crippen molar-refractivity contribution in [3.63, 3.8) is 0 Å². The summed E-state index contributed by atoms with van der Waals surface area (Å²) in [5.74, 6) is -0.817. The van der Waals surface area contributed by atoms with Crippen LogP contribution in [0.5, 0.6) is 0 Å². The molecule has 2 amide bonds. The van der Waals surface area contributed by atoms with E-state index in [0.717, 1.165) is 11.1 Å². The summed E-state index contributed by atoms with van der Waals surface area (Å²) >= 11 is 0. The molecule has 21 heavy (non-hydrogen) atoms. The molecule has 0 spiro atoms. The highest BCUT2D eigenvalue weighted by Gasteiger charge is 2.41. The normalized spacial score (nSPS) is 18.5. The molecule has 1 aliphatic heterocycles. The molecular formula is C16H20N2O3. The number of rotatable bonds is 3. The molecule has 2 rings (SSSR count). The van der Waals surface area contributed by atoms with Gasteiger partial charge in [-0.2, -0.15) is 0 Å². The lowest BCUT2D eigenvalue weighted by Gasteiger charge is -2.39. The third-order valence-corrected chi connectivity index (χ3v) is 3.95. The Kier molecular flexibility index (Phi) is 3.96. The van der Waals surface area contributed by atoms with Crippen molar-refractivity contribution in [2.24, 2.45) is 0 Å². The Labute approximate surface area is 124 Å². The van der Waals surface area contributed by atoms with Gasteiger partial charge in [0, 0.05) is 5.56 Å². The molecule has 1 aromatic carbocycles. The van der Waals surface area contributed by atoms with Crippen LogP contribution in [0.3, 0.4) is 0 Å². The molecule has 0 saturated carbocycles. The average Bonchev–Trinajstić information content (AvgIpc) is 2.35. The first-order chi connectivity index (χ1) is 9.71. The zero-order chi connectivity index (χ0) is 15.8. The number of nitrogens with zero attached hydrogens (tertiary/aromatic N) is 1. The Morgan fingerprint density at radius 1 is 1.29 bits per heavy atom. The molecule has 0 radical (unpaired) electrons. The molecule has 5 heteroatoms. The summed E-state index contributed by atoms with van der Waals surface area (Å²) in [5, 5.41) is 2.30. The predicted molar refractivity (Wildman–Crippen MR) is 79.0 cm³/mol. The summed E-state index contributed by atoms with van der Waals surface area (Å²) in [6.45, 7) is 7.39. The van der Waals surface area contributed by atoms with Crippen LogP contribution in [0.1, 0.15) is 35.3 Å². The van der Waals surface area contributed by atoms with Gasteiger partial charge in [-0.25, -0.2) is 0 Å². The van der Waals surface area contributed by atoms with Crippen LogP contribution in [0.15, 0.2) is 18.2 Å². The molecular weight excluding hydrogens is 268 g/mol. The van der Waals surface area contributed by atoms with Gasteiger partial charge in [-0.15, -0.1) is 0 Å². The Morgan fingerprint density at radius 3 is 2.57 bits per heavy atom. The number of hydrogen-bond acceptors (Lipinski definition) is 4. The van der Waals surface area contributed by atoms with Gasteiger partial charge in [0.15, 0.2) is 5.78 Å². The van der Waals surface area contributed by atoms with Gasteiger partial charge in [0.1, 0.15) is 0 Å². The van der Waals surface area contributed by atoms with Crippen LogP contribution in [0.2, 0.25) is 0 Å². The molecule has 0 aliphatic carbocycles. The standard InChI is InChI=1S/C16H20N2O3/c1-10-5-6-12(11(2)7-10)13(19)8-18-9-14(20)17-15(21)16(18,3)4/h5-7H,8-9H2,1-4H3,(H,17,20,21). The summed E-state index contributed by atoms with van der Waals surface area (Å²) in [6, 6.07) is 5.64. The second-order valence-electron chi connectivity index (χ2n) is 6.03. The van der Waals surface area contributed by atoms with Gasteiger partial charge in [-0.05, 0) is 33.3 Å². The Bertz CT molecular complexity index is 620.